The molecule has 0 saturated carbocycles. The van der Waals surface area contributed by atoms with Gasteiger partial charge in [-0.15, -0.1) is 0 Å². The molecular weight excluding hydrogens is 316 g/mol. The highest BCUT2D eigenvalue weighted by atomic mass is 16.5. The summed E-state index contributed by atoms with van der Waals surface area (Å²) in [6, 6.07) is 0. The summed E-state index contributed by atoms with van der Waals surface area (Å²) in [4.78, 5) is 17.3. The molecule has 0 radical (unpaired) electrons. The largest absolute Gasteiger partial charge is 0.500 e. The van der Waals surface area contributed by atoms with E-state index in [2.05, 4.69) is 45.0 Å². The van der Waals surface area contributed by atoms with Gasteiger partial charge in [-0.05, 0) is 58.5 Å². The van der Waals surface area contributed by atoms with Gasteiger partial charge in [0.25, 0.3) is 0 Å². The Kier molecular flexibility index (Phi) is 6.20. The number of methoxy groups -OCH3 is 2. The number of carbonyl (C=O) groups excluding carboxylic acids is 1. The highest BCUT2D eigenvalue weighted by molar-refractivity contribution is 5.89. The van der Waals surface area contributed by atoms with E-state index >= 15 is 0 Å². The van der Waals surface area contributed by atoms with Crippen LogP contribution in [0.1, 0.15) is 39.5 Å². The molecule has 2 aliphatic rings. The standard InChI is InChI=1S/C20H34N2O3/c1-7-20(8-2)16(24-5)14-19(15-17(20)25-6)10-13-22(18(19)23)12-9-11-21(3)4/h14-15H,7-13H2,1-6H3. The first-order chi connectivity index (χ1) is 11.9. The Labute approximate surface area is 152 Å². The van der Waals surface area contributed by atoms with Gasteiger partial charge in [0.2, 0.25) is 5.91 Å². The fourth-order valence-electron chi connectivity index (χ4n) is 4.24. The highest BCUT2D eigenvalue weighted by Crippen LogP contribution is 2.52. The molecule has 0 bridgehead atoms. The van der Waals surface area contributed by atoms with E-state index in [1.54, 1.807) is 14.2 Å². The van der Waals surface area contributed by atoms with E-state index in [1.165, 1.54) is 0 Å². The molecule has 1 spiro atoms. The van der Waals surface area contributed by atoms with Crippen LogP contribution in [0.2, 0.25) is 0 Å². The molecule has 25 heavy (non-hydrogen) atoms. The summed E-state index contributed by atoms with van der Waals surface area (Å²) in [6.07, 6.45) is 7.69. The van der Waals surface area contributed by atoms with E-state index in [-0.39, 0.29) is 11.3 Å². The van der Waals surface area contributed by atoms with E-state index < -0.39 is 5.41 Å². The molecule has 1 fully saturated rings. The minimum absolute atomic E-state index is 0.177. The molecule has 0 atom stereocenters. The third-order valence-corrected chi connectivity index (χ3v) is 5.88. The van der Waals surface area contributed by atoms with Crippen molar-refractivity contribution >= 4 is 5.91 Å². The lowest BCUT2D eigenvalue weighted by Gasteiger charge is -2.40. The van der Waals surface area contributed by atoms with Crippen LogP contribution in [0.3, 0.4) is 0 Å². The molecule has 5 heteroatoms. The second-order valence-corrected chi connectivity index (χ2v) is 7.45. The summed E-state index contributed by atoms with van der Waals surface area (Å²) in [7, 11) is 7.52. The second kappa shape index (κ2) is 7.81. The predicted octanol–water partition coefficient (Wildman–Crippen LogP) is 3.04. The Morgan fingerprint density at radius 1 is 1.12 bits per heavy atom. The van der Waals surface area contributed by atoms with Gasteiger partial charge in [-0.2, -0.15) is 0 Å². The lowest BCUT2D eigenvalue weighted by Crippen LogP contribution is -2.39. The van der Waals surface area contributed by atoms with Crippen molar-refractivity contribution in [3.63, 3.8) is 0 Å². The Balaban J connectivity index is 2.29. The van der Waals surface area contributed by atoms with Gasteiger partial charge >= 0.3 is 0 Å². The summed E-state index contributed by atoms with van der Waals surface area (Å²) in [5.41, 5.74) is -0.865. The number of ether oxygens (including phenoxy) is 2. The van der Waals surface area contributed by atoms with Gasteiger partial charge in [-0.1, -0.05) is 13.8 Å². The molecule has 0 unspecified atom stereocenters. The molecular formula is C20H34N2O3. The van der Waals surface area contributed by atoms with Crippen LogP contribution in [-0.2, 0) is 14.3 Å². The van der Waals surface area contributed by atoms with Crippen molar-refractivity contribution in [1.29, 1.82) is 0 Å². The number of amides is 1. The molecule has 0 aromatic heterocycles. The van der Waals surface area contributed by atoms with Gasteiger partial charge in [0, 0.05) is 13.1 Å². The quantitative estimate of drug-likeness (QED) is 0.675. The summed E-state index contributed by atoms with van der Waals surface area (Å²) in [5.74, 6) is 1.93. The van der Waals surface area contributed by atoms with Crippen molar-refractivity contribution in [2.75, 3.05) is 47.9 Å². The Morgan fingerprint density at radius 2 is 1.68 bits per heavy atom. The highest BCUT2D eigenvalue weighted by Gasteiger charge is 2.51. The molecule has 0 N–H and O–H groups in total. The van der Waals surface area contributed by atoms with Crippen molar-refractivity contribution in [3.8, 4) is 0 Å². The van der Waals surface area contributed by atoms with Crippen LogP contribution in [0.4, 0.5) is 0 Å². The number of hydrogen-bond acceptors (Lipinski definition) is 4. The Hall–Kier alpha value is -1.49. The van der Waals surface area contributed by atoms with Gasteiger partial charge in [0.1, 0.15) is 11.5 Å². The average Bonchev–Trinajstić information content (AvgIpc) is 2.90. The smallest absolute Gasteiger partial charge is 0.236 e. The minimum atomic E-state index is -0.608. The van der Waals surface area contributed by atoms with E-state index in [4.69, 9.17) is 9.47 Å². The van der Waals surface area contributed by atoms with Gasteiger partial charge in [-0.25, -0.2) is 0 Å². The maximum Gasteiger partial charge on any atom is 0.236 e. The van der Waals surface area contributed by atoms with E-state index in [9.17, 15) is 4.79 Å². The first-order valence-corrected chi connectivity index (χ1v) is 9.38. The van der Waals surface area contributed by atoms with Crippen LogP contribution in [-0.4, -0.2) is 63.7 Å². The topological polar surface area (TPSA) is 42.0 Å². The monoisotopic (exact) mass is 350 g/mol. The average molecular weight is 351 g/mol. The third kappa shape index (κ3) is 3.43. The lowest BCUT2D eigenvalue weighted by atomic mass is 9.68. The van der Waals surface area contributed by atoms with Gasteiger partial charge in [0.05, 0.1) is 25.0 Å². The number of rotatable bonds is 8. The number of carbonyl (C=O) groups is 1. The fraction of sp³-hybridized carbons (Fsp3) is 0.750. The number of likely N-dealkylation sites (tertiary alicyclic amines) is 1. The van der Waals surface area contributed by atoms with Gasteiger partial charge < -0.3 is 19.3 Å². The molecule has 0 aromatic rings. The van der Waals surface area contributed by atoms with Crippen LogP contribution in [0.5, 0.6) is 0 Å². The maximum atomic E-state index is 13.2. The maximum absolute atomic E-state index is 13.2. The summed E-state index contributed by atoms with van der Waals surface area (Å²) >= 11 is 0. The molecule has 1 aliphatic heterocycles. The fourth-order valence-corrected chi connectivity index (χ4v) is 4.24. The zero-order chi connectivity index (χ0) is 18.7. The number of hydrogen-bond donors (Lipinski definition) is 0. The number of nitrogens with zero attached hydrogens (tertiary/aromatic N) is 2. The predicted molar refractivity (Wildman–Crippen MR) is 100 cm³/mol. The zero-order valence-corrected chi connectivity index (χ0v) is 16.7. The zero-order valence-electron chi connectivity index (χ0n) is 16.7. The second-order valence-electron chi connectivity index (χ2n) is 7.45. The molecule has 142 valence electrons. The summed E-state index contributed by atoms with van der Waals surface area (Å²) in [6.45, 7) is 6.87. The van der Waals surface area contributed by atoms with Crippen LogP contribution in [0.25, 0.3) is 0 Å². The lowest BCUT2D eigenvalue weighted by molar-refractivity contribution is -0.132. The summed E-state index contributed by atoms with van der Waals surface area (Å²) < 4.78 is 11.5. The van der Waals surface area contributed by atoms with Crippen LogP contribution in [0.15, 0.2) is 23.7 Å². The minimum Gasteiger partial charge on any atom is -0.500 e. The van der Waals surface area contributed by atoms with Crippen LogP contribution >= 0.6 is 0 Å². The first-order valence-electron chi connectivity index (χ1n) is 9.38. The summed E-state index contributed by atoms with van der Waals surface area (Å²) in [5, 5.41) is 0. The molecule has 1 amide bonds. The van der Waals surface area contributed by atoms with Crippen molar-refractivity contribution in [2.24, 2.45) is 10.8 Å². The van der Waals surface area contributed by atoms with Crippen LogP contribution < -0.4 is 0 Å². The molecule has 1 saturated heterocycles. The van der Waals surface area contributed by atoms with Gasteiger partial charge in [-0.3, -0.25) is 4.79 Å². The molecule has 1 aliphatic carbocycles. The van der Waals surface area contributed by atoms with E-state index in [1.807, 2.05) is 4.90 Å². The van der Waals surface area contributed by atoms with Crippen LogP contribution in [0, 0.1) is 10.8 Å². The Morgan fingerprint density at radius 3 is 2.12 bits per heavy atom. The molecule has 1 heterocycles. The SMILES string of the molecule is CCC1(CC)C(OC)=CC2(C=C1OC)CCN(CCCN(C)C)C2=O. The van der Waals surface area contributed by atoms with Crippen molar-refractivity contribution in [2.45, 2.75) is 39.5 Å². The normalized spacial score (nSPS) is 21.6. The molecule has 0 aromatic carbocycles. The molecule has 5 nitrogen and oxygen atoms in total. The van der Waals surface area contributed by atoms with E-state index in [0.717, 1.165) is 56.8 Å². The van der Waals surface area contributed by atoms with Crippen molar-refractivity contribution in [3.05, 3.63) is 23.7 Å². The molecule has 2 rings (SSSR count). The third-order valence-electron chi connectivity index (χ3n) is 5.88. The van der Waals surface area contributed by atoms with E-state index in [0.29, 0.717) is 0 Å². The van der Waals surface area contributed by atoms with Crippen molar-refractivity contribution < 1.29 is 14.3 Å². The van der Waals surface area contributed by atoms with Crippen molar-refractivity contribution in [1.82, 2.24) is 9.80 Å². The Bertz CT molecular complexity index is 523. The van der Waals surface area contributed by atoms with Gasteiger partial charge in [0.15, 0.2) is 0 Å². The first kappa shape index (κ1) is 19.8.